The Morgan fingerprint density at radius 1 is 1.13 bits per heavy atom. The van der Waals surface area contributed by atoms with Gasteiger partial charge in [-0.05, 0) is 12.0 Å². The smallest absolute Gasteiger partial charge is 0.445 e. The molecule has 0 fully saturated rings. The number of nitriles is 1. The van der Waals surface area contributed by atoms with Crippen molar-refractivity contribution >= 4 is 12.4 Å². The van der Waals surface area contributed by atoms with Gasteiger partial charge in [0.2, 0.25) is 0 Å². The second kappa shape index (κ2) is 6.71. The maximum absolute atomic E-state index is 12.2. The maximum atomic E-state index is 12.2. The first kappa shape index (κ1) is 15.2. The maximum Gasteiger partial charge on any atom is 1.00 e. The summed E-state index contributed by atoms with van der Waals surface area (Å²) in [6, 6.07) is 6.90. The minimum absolute atomic E-state index is 0. The molecule has 74 valence electrons. The van der Waals surface area contributed by atoms with Gasteiger partial charge in [0.1, 0.15) is 0 Å². The van der Waals surface area contributed by atoms with Crippen LogP contribution in [0.2, 0.25) is 0 Å². The molecular formula is C9H8BF3KN. The number of hydrogen-bond donors (Lipinski definition) is 0. The van der Waals surface area contributed by atoms with Gasteiger partial charge < -0.3 is 12.9 Å². The molecule has 0 aliphatic carbocycles. The predicted octanol–water partition coefficient (Wildman–Crippen LogP) is -0.799. The van der Waals surface area contributed by atoms with Crippen molar-refractivity contribution in [2.45, 2.75) is 12.8 Å². The van der Waals surface area contributed by atoms with Crippen molar-refractivity contribution in [1.82, 2.24) is 0 Å². The van der Waals surface area contributed by atoms with Crippen LogP contribution in [0.5, 0.6) is 0 Å². The van der Waals surface area contributed by atoms with Gasteiger partial charge in [0.25, 0.3) is 0 Å². The standard InChI is InChI=1S/C9H8BF3N.K/c11-10(12,13)9-5-3-8(4-6-9)2-1-7-14;/h3-6H,1-2H2;/q-1;+1. The summed E-state index contributed by atoms with van der Waals surface area (Å²) in [5.41, 5.74) is 0.168. The van der Waals surface area contributed by atoms with E-state index in [-0.39, 0.29) is 51.4 Å². The fraction of sp³-hybridized carbons (Fsp3) is 0.222. The van der Waals surface area contributed by atoms with E-state index in [9.17, 15) is 12.9 Å². The third-order valence-corrected chi connectivity index (χ3v) is 1.88. The van der Waals surface area contributed by atoms with E-state index in [2.05, 4.69) is 0 Å². The number of halogens is 3. The summed E-state index contributed by atoms with van der Waals surface area (Å²) >= 11 is 0. The molecule has 0 heterocycles. The molecule has 0 aromatic heterocycles. The zero-order valence-corrected chi connectivity index (χ0v) is 11.5. The van der Waals surface area contributed by atoms with Crippen LogP contribution in [0.3, 0.4) is 0 Å². The number of hydrogen-bond acceptors (Lipinski definition) is 1. The Morgan fingerprint density at radius 3 is 2.07 bits per heavy atom. The molecule has 1 nitrogen and oxygen atoms in total. The van der Waals surface area contributed by atoms with E-state index >= 15 is 0 Å². The summed E-state index contributed by atoms with van der Waals surface area (Å²) in [5.74, 6) is 0. The molecule has 0 saturated heterocycles. The molecule has 0 aliphatic heterocycles. The molecule has 0 saturated carbocycles. The van der Waals surface area contributed by atoms with Gasteiger partial charge in [-0.15, -0.1) is 5.46 Å². The SMILES string of the molecule is N#CCCc1ccc([B-](F)(F)F)cc1.[K+]. The minimum Gasteiger partial charge on any atom is -0.445 e. The molecule has 1 rings (SSSR count). The number of nitrogens with zero attached hydrogens (tertiary/aromatic N) is 1. The Balaban J connectivity index is 0.00000196. The molecular weight excluding hydrogens is 229 g/mol. The third kappa shape index (κ3) is 5.18. The molecule has 0 atom stereocenters. The second-order valence-corrected chi connectivity index (χ2v) is 2.97. The van der Waals surface area contributed by atoms with Crippen LogP contribution >= 0.6 is 0 Å². The van der Waals surface area contributed by atoms with Gasteiger partial charge in [-0.3, -0.25) is 0 Å². The summed E-state index contributed by atoms with van der Waals surface area (Å²) < 4.78 is 36.5. The van der Waals surface area contributed by atoms with E-state index in [1.54, 1.807) is 0 Å². The van der Waals surface area contributed by atoms with E-state index in [1.165, 1.54) is 12.1 Å². The molecule has 0 spiro atoms. The monoisotopic (exact) mass is 237 g/mol. The van der Waals surface area contributed by atoms with Crippen molar-refractivity contribution in [3.63, 3.8) is 0 Å². The zero-order chi connectivity index (χ0) is 10.6. The van der Waals surface area contributed by atoms with Crippen LogP contribution in [0.25, 0.3) is 0 Å². The van der Waals surface area contributed by atoms with Gasteiger partial charge in [0.05, 0.1) is 6.07 Å². The fourth-order valence-corrected chi connectivity index (χ4v) is 1.10. The quantitative estimate of drug-likeness (QED) is 0.631. The van der Waals surface area contributed by atoms with Crippen molar-refractivity contribution in [2.24, 2.45) is 0 Å². The van der Waals surface area contributed by atoms with Crippen molar-refractivity contribution in [2.75, 3.05) is 0 Å². The van der Waals surface area contributed by atoms with Crippen LogP contribution < -0.4 is 56.8 Å². The Kier molecular flexibility index (Phi) is 6.80. The Labute approximate surface area is 129 Å². The van der Waals surface area contributed by atoms with Gasteiger partial charge in [-0.1, -0.05) is 24.3 Å². The Bertz CT molecular complexity index is 342. The van der Waals surface area contributed by atoms with Gasteiger partial charge in [0, 0.05) is 6.42 Å². The van der Waals surface area contributed by atoms with E-state index in [0.29, 0.717) is 12.8 Å². The average molecular weight is 237 g/mol. The van der Waals surface area contributed by atoms with Gasteiger partial charge in [-0.2, -0.15) is 5.26 Å². The summed E-state index contributed by atoms with van der Waals surface area (Å²) in [7, 11) is 0. The molecule has 0 radical (unpaired) electrons. The molecule has 1 aromatic rings. The number of aryl methyl sites for hydroxylation is 1. The van der Waals surface area contributed by atoms with Crippen LogP contribution in [0, 0.1) is 11.3 Å². The van der Waals surface area contributed by atoms with Crippen molar-refractivity contribution in [3.8, 4) is 6.07 Å². The first-order chi connectivity index (χ1) is 6.54. The van der Waals surface area contributed by atoms with Crippen LogP contribution in [0.4, 0.5) is 12.9 Å². The normalized spacial score (nSPS) is 10.3. The molecule has 0 N–H and O–H groups in total. The first-order valence-corrected chi connectivity index (χ1v) is 4.20. The largest absolute Gasteiger partial charge is 1.00 e. The molecule has 0 amide bonds. The third-order valence-electron chi connectivity index (χ3n) is 1.88. The predicted molar refractivity (Wildman–Crippen MR) is 49.1 cm³/mol. The molecule has 6 heteroatoms. The van der Waals surface area contributed by atoms with Gasteiger partial charge in [0.15, 0.2) is 0 Å². The number of benzene rings is 1. The molecule has 0 unspecified atom stereocenters. The Morgan fingerprint density at radius 2 is 1.67 bits per heavy atom. The van der Waals surface area contributed by atoms with Crippen LogP contribution in [0.1, 0.15) is 12.0 Å². The molecule has 0 aliphatic rings. The van der Waals surface area contributed by atoms with Crippen LogP contribution in [-0.4, -0.2) is 6.98 Å². The van der Waals surface area contributed by atoms with Crippen molar-refractivity contribution in [1.29, 1.82) is 5.26 Å². The topological polar surface area (TPSA) is 23.8 Å². The van der Waals surface area contributed by atoms with Crippen molar-refractivity contribution < 1.29 is 64.3 Å². The van der Waals surface area contributed by atoms with Gasteiger partial charge >= 0.3 is 58.4 Å². The molecule has 1 aromatic carbocycles. The van der Waals surface area contributed by atoms with E-state index in [0.717, 1.165) is 17.7 Å². The Hall–Kier alpha value is 0.201. The van der Waals surface area contributed by atoms with E-state index < -0.39 is 12.4 Å². The average Bonchev–Trinajstić information content (AvgIpc) is 2.14. The zero-order valence-electron chi connectivity index (χ0n) is 8.38. The second-order valence-electron chi connectivity index (χ2n) is 2.97. The van der Waals surface area contributed by atoms with E-state index in [4.69, 9.17) is 5.26 Å². The van der Waals surface area contributed by atoms with Crippen LogP contribution in [0.15, 0.2) is 24.3 Å². The summed E-state index contributed by atoms with van der Waals surface area (Å²) in [4.78, 5) is 0. The van der Waals surface area contributed by atoms with Crippen molar-refractivity contribution in [3.05, 3.63) is 29.8 Å². The molecule has 15 heavy (non-hydrogen) atoms. The minimum atomic E-state index is -4.90. The number of rotatable bonds is 3. The fourth-order valence-electron chi connectivity index (χ4n) is 1.10. The summed E-state index contributed by atoms with van der Waals surface area (Å²) in [5, 5.41) is 8.28. The first-order valence-electron chi connectivity index (χ1n) is 4.20. The summed E-state index contributed by atoms with van der Waals surface area (Å²) in [6.07, 6.45) is 0.831. The van der Waals surface area contributed by atoms with Crippen LogP contribution in [-0.2, 0) is 6.42 Å². The van der Waals surface area contributed by atoms with E-state index in [1.807, 2.05) is 6.07 Å². The summed E-state index contributed by atoms with van der Waals surface area (Å²) in [6.45, 7) is -4.90. The van der Waals surface area contributed by atoms with Gasteiger partial charge in [-0.25, -0.2) is 0 Å². The molecule has 0 bridgehead atoms.